The highest BCUT2D eigenvalue weighted by Crippen LogP contribution is 2.39. The number of urea groups is 1. The molecule has 13 heteroatoms. The molecule has 1 saturated heterocycles. The lowest BCUT2D eigenvalue weighted by molar-refractivity contribution is -0.137. The second-order valence-electron chi connectivity index (χ2n) is 8.04. The standard InChI is InChI=1S/C26H16BrCl2F3N2O5/c1-38-21-10-13(9-17(27)22(21)39-12-14-4-2-3-5-18(14)28)8-16-23(35)33-25(37)34(24(16)36)20-11-15(26(30,31)32)6-7-19(20)29/h2-11H,12H2,1H3,(H,33,35,37)/b16-8+. The van der Waals surface area contributed by atoms with E-state index in [1.165, 1.54) is 19.2 Å². The zero-order chi connectivity index (χ0) is 28.5. The van der Waals surface area contributed by atoms with Crippen molar-refractivity contribution in [1.82, 2.24) is 5.32 Å². The lowest BCUT2D eigenvalue weighted by Gasteiger charge is -2.27. The number of ether oxygens (including phenoxy) is 2. The predicted molar refractivity (Wildman–Crippen MR) is 142 cm³/mol. The molecular formula is C26H16BrCl2F3N2O5. The van der Waals surface area contributed by atoms with Crippen LogP contribution in [0.4, 0.5) is 23.7 Å². The minimum atomic E-state index is -4.76. The normalized spacial score (nSPS) is 15.0. The SMILES string of the molecule is COc1cc(/C=C2\C(=O)NC(=O)N(c3cc(C(F)(F)F)ccc3Cl)C2=O)cc(Br)c1OCc1ccccc1Cl. The van der Waals surface area contributed by atoms with Crippen LogP contribution in [0.2, 0.25) is 10.0 Å². The van der Waals surface area contributed by atoms with Gasteiger partial charge in [-0.3, -0.25) is 14.9 Å². The van der Waals surface area contributed by atoms with E-state index in [2.05, 4.69) is 15.9 Å². The van der Waals surface area contributed by atoms with Crippen molar-refractivity contribution >= 4 is 68.7 Å². The average Bonchev–Trinajstić information content (AvgIpc) is 2.86. The fourth-order valence-corrected chi connectivity index (χ4v) is 4.60. The van der Waals surface area contributed by atoms with Gasteiger partial charge < -0.3 is 9.47 Å². The minimum absolute atomic E-state index is 0.116. The van der Waals surface area contributed by atoms with Crippen LogP contribution in [0, 0.1) is 0 Å². The summed E-state index contributed by atoms with van der Waals surface area (Å²) >= 11 is 15.6. The largest absolute Gasteiger partial charge is 0.493 e. The van der Waals surface area contributed by atoms with E-state index in [1.54, 1.807) is 24.3 Å². The van der Waals surface area contributed by atoms with Crippen LogP contribution >= 0.6 is 39.1 Å². The van der Waals surface area contributed by atoms with E-state index in [4.69, 9.17) is 32.7 Å². The second-order valence-corrected chi connectivity index (χ2v) is 9.70. The van der Waals surface area contributed by atoms with Gasteiger partial charge in [0.1, 0.15) is 12.2 Å². The number of alkyl halides is 3. The molecule has 0 saturated carbocycles. The lowest BCUT2D eigenvalue weighted by Crippen LogP contribution is -2.54. The van der Waals surface area contributed by atoms with E-state index in [-0.39, 0.29) is 22.9 Å². The second kappa shape index (κ2) is 11.3. The molecule has 0 aliphatic carbocycles. The Morgan fingerprint density at radius 1 is 1.03 bits per heavy atom. The molecule has 0 aromatic heterocycles. The highest BCUT2D eigenvalue weighted by atomic mass is 79.9. The van der Waals surface area contributed by atoms with Gasteiger partial charge in [0, 0.05) is 10.6 Å². The number of benzene rings is 3. The van der Waals surface area contributed by atoms with Crippen molar-refractivity contribution in [2.24, 2.45) is 0 Å². The average molecular weight is 644 g/mol. The molecule has 0 radical (unpaired) electrons. The molecule has 0 atom stereocenters. The number of hydrogen-bond acceptors (Lipinski definition) is 5. The van der Waals surface area contributed by atoms with Gasteiger partial charge in [0.25, 0.3) is 11.8 Å². The van der Waals surface area contributed by atoms with E-state index in [0.29, 0.717) is 32.3 Å². The molecular weight excluding hydrogens is 628 g/mol. The molecule has 3 aromatic rings. The third-order valence-electron chi connectivity index (χ3n) is 5.51. The van der Waals surface area contributed by atoms with Crippen molar-refractivity contribution < 1.29 is 37.0 Å². The lowest BCUT2D eigenvalue weighted by atomic mass is 10.1. The van der Waals surface area contributed by atoms with Crippen LogP contribution in [0.25, 0.3) is 6.08 Å². The van der Waals surface area contributed by atoms with Crippen molar-refractivity contribution in [3.05, 3.63) is 91.4 Å². The molecule has 0 unspecified atom stereocenters. The van der Waals surface area contributed by atoms with Gasteiger partial charge in [-0.15, -0.1) is 0 Å². The summed E-state index contributed by atoms with van der Waals surface area (Å²) in [6.07, 6.45) is -3.61. The Bertz CT molecular complexity index is 1530. The molecule has 1 N–H and O–H groups in total. The topological polar surface area (TPSA) is 84.9 Å². The highest BCUT2D eigenvalue weighted by molar-refractivity contribution is 9.10. The molecule has 1 fully saturated rings. The minimum Gasteiger partial charge on any atom is -0.493 e. The number of amides is 4. The Balaban J connectivity index is 1.69. The van der Waals surface area contributed by atoms with Gasteiger partial charge in [0.2, 0.25) is 0 Å². The molecule has 39 heavy (non-hydrogen) atoms. The summed E-state index contributed by atoms with van der Waals surface area (Å²) < 4.78 is 51.4. The van der Waals surface area contributed by atoms with Gasteiger partial charge in [-0.2, -0.15) is 13.2 Å². The number of nitrogens with one attached hydrogen (secondary N) is 1. The number of anilines is 1. The first kappa shape index (κ1) is 28.5. The smallest absolute Gasteiger partial charge is 0.416 e. The molecule has 0 spiro atoms. The maximum Gasteiger partial charge on any atom is 0.416 e. The van der Waals surface area contributed by atoms with Gasteiger partial charge in [0.15, 0.2) is 11.5 Å². The molecule has 202 valence electrons. The molecule has 3 aromatic carbocycles. The number of rotatable bonds is 6. The van der Waals surface area contributed by atoms with Gasteiger partial charge in [-0.05, 0) is 64.0 Å². The Morgan fingerprint density at radius 2 is 1.74 bits per heavy atom. The van der Waals surface area contributed by atoms with E-state index < -0.39 is 40.8 Å². The Hall–Kier alpha value is -3.54. The monoisotopic (exact) mass is 642 g/mol. The van der Waals surface area contributed by atoms with E-state index in [1.807, 2.05) is 5.32 Å². The van der Waals surface area contributed by atoms with Crippen LogP contribution in [0.3, 0.4) is 0 Å². The van der Waals surface area contributed by atoms with Crippen molar-refractivity contribution in [1.29, 1.82) is 0 Å². The Labute approximate surface area is 238 Å². The van der Waals surface area contributed by atoms with Gasteiger partial charge in [-0.25, -0.2) is 9.69 Å². The van der Waals surface area contributed by atoms with E-state index >= 15 is 0 Å². The van der Waals surface area contributed by atoms with E-state index in [0.717, 1.165) is 17.7 Å². The molecule has 1 aliphatic heterocycles. The number of carbonyl (C=O) groups is 3. The third kappa shape index (κ3) is 6.05. The van der Waals surface area contributed by atoms with Crippen molar-refractivity contribution in [2.75, 3.05) is 12.0 Å². The molecule has 1 heterocycles. The summed E-state index contributed by atoms with van der Waals surface area (Å²) in [6, 6.07) is 11.0. The summed E-state index contributed by atoms with van der Waals surface area (Å²) in [7, 11) is 1.38. The van der Waals surface area contributed by atoms with Crippen LogP contribution in [0.1, 0.15) is 16.7 Å². The summed E-state index contributed by atoms with van der Waals surface area (Å²) in [5.41, 5.74) is -1.18. The number of hydrogen-bond donors (Lipinski definition) is 1. The fraction of sp³-hybridized carbons (Fsp3) is 0.115. The third-order valence-corrected chi connectivity index (χ3v) is 6.79. The van der Waals surface area contributed by atoms with Crippen LogP contribution in [-0.2, 0) is 22.4 Å². The van der Waals surface area contributed by atoms with Gasteiger partial charge in [-0.1, -0.05) is 41.4 Å². The first-order valence-corrected chi connectivity index (χ1v) is 12.5. The molecule has 4 rings (SSSR count). The molecule has 1 aliphatic rings. The fourth-order valence-electron chi connectivity index (χ4n) is 3.63. The molecule has 4 amide bonds. The number of imide groups is 2. The number of barbiturate groups is 1. The summed E-state index contributed by atoms with van der Waals surface area (Å²) in [5, 5.41) is 2.16. The first-order valence-electron chi connectivity index (χ1n) is 10.9. The predicted octanol–water partition coefficient (Wildman–Crippen LogP) is 7.03. The van der Waals surface area contributed by atoms with Crippen LogP contribution in [-0.4, -0.2) is 25.0 Å². The van der Waals surface area contributed by atoms with Crippen LogP contribution < -0.4 is 19.7 Å². The maximum absolute atomic E-state index is 13.3. The van der Waals surface area contributed by atoms with E-state index in [9.17, 15) is 27.6 Å². The number of halogens is 6. The van der Waals surface area contributed by atoms with Crippen LogP contribution in [0.5, 0.6) is 11.5 Å². The Morgan fingerprint density at radius 3 is 2.41 bits per heavy atom. The van der Waals surface area contributed by atoms with Crippen molar-refractivity contribution in [3.8, 4) is 11.5 Å². The maximum atomic E-state index is 13.3. The zero-order valence-electron chi connectivity index (χ0n) is 19.7. The van der Waals surface area contributed by atoms with Crippen LogP contribution in [0.15, 0.2) is 64.6 Å². The number of nitrogens with zero attached hydrogens (tertiary/aromatic N) is 1. The number of methoxy groups -OCH3 is 1. The quantitative estimate of drug-likeness (QED) is 0.230. The van der Waals surface area contributed by atoms with Gasteiger partial charge in [0.05, 0.1) is 27.9 Å². The van der Waals surface area contributed by atoms with Crippen molar-refractivity contribution in [2.45, 2.75) is 12.8 Å². The molecule has 0 bridgehead atoms. The summed E-state index contributed by atoms with van der Waals surface area (Å²) in [5.74, 6) is -1.66. The highest BCUT2D eigenvalue weighted by Gasteiger charge is 2.39. The summed E-state index contributed by atoms with van der Waals surface area (Å²) in [4.78, 5) is 38.6. The zero-order valence-corrected chi connectivity index (χ0v) is 22.8. The van der Waals surface area contributed by atoms with Gasteiger partial charge >= 0.3 is 12.2 Å². The summed E-state index contributed by atoms with van der Waals surface area (Å²) in [6.45, 7) is 0.116. The Kier molecular flexibility index (Phi) is 8.24. The number of carbonyl (C=O) groups excluding carboxylic acids is 3. The molecule has 7 nitrogen and oxygen atoms in total. The van der Waals surface area contributed by atoms with Crippen molar-refractivity contribution in [3.63, 3.8) is 0 Å². The first-order chi connectivity index (χ1) is 18.4.